The fraction of sp³-hybridized carbons (Fsp3) is 0.429. The fourth-order valence-electron chi connectivity index (χ4n) is 2.36. The second-order valence-electron chi connectivity index (χ2n) is 5.13. The number of quaternary nitrogens is 1. The van der Waals surface area contributed by atoms with E-state index in [1.165, 1.54) is 42.5 Å². The van der Waals surface area contributed by atoms with Crippen LogP contribution in [0.15, 0.2) is 29.4 Å². The van der Waals surface area contributed by atoms with E-state index in [0.717, 1.165) is 13.1 Å². The highest BCUT2D eigenvalue weighted by Crippen LogP contribution is 2.10. The molecule has 1 saturated heterocycles. The van der Waals surface area contributed by atoms with Crippen LogP contribution < -0.4 is 10.3 Å². The minimum Gasteiger partial charge on any atom is -0.327 e. The molecule has 2 rings (SSSR count). The van der Waals surface area contributed by atoms with Gasteiger partial charge in [0.05, 0.1) is 24.2 Å². The lowest BCUT2D eigenvalue weighted by Crippen LogP contribution is -3.13. The van der Waals surface area contributed by atoms with Crippen molar-refractivity contribution >= 4 is 17.8 Å². The number of rotatable bonds is 5. The predicted molar refractivity (Wildman–Crippen MR) is 78.2 cm³/mol. The lowest BCUT2D eigenvalue weighted by molar-refractivity contribution is -0.896. The van der Waals surface area contributed by atoms with Crippen molar-refractivity contribution in [1.29, 1.82) is 0 Å². The molecule has 1 aromatic carbocycles. The number of nitro groups is 1. The van der Waals surface area contributed by atoms with Gasteiger partial charge in [-0.25, -0.2) is 5.43 Å². The first-order valence-corrected chi connectivity index (χ1v) is 7.05. The Kier molecular flexibility index (Phi) is 5.39. The van der Waals surface area contributed by atoms with Gasteiger partial charge in [0.15, 0.2) is 6.54 Å². The summed E-state index contributed by atoms with van der Waals surface area (Å²) in [6.45, 7) is 2.52. The second-order valence-corrected chi connectivity index (χ2v) is 5.13. The van der Waals surface area contributed by atoms with E-state index < -0.39 is 4.92 Å². The van der Waals surface area contributed by atoms with Gasteiger partial charge in [-0.3, -0.25) is 14.9 Å². The molecule has 1 aromatic rings. The number of amides is 1. The quantitative estimate of drug-likeness (QED) is 0.458. The smallest absolute Gasteiger partial charge is 0.295 e. The fourth-order valence-corrected chi connectivity index (χ4v) is 2.36. The number of hydrogen-bond donors (Lipinski definition) is 2. The molecule has 112 valence electrons. The minimum atomic E-state index is -0.454. The van der Waals surface area contributed by atoms with Gasteiger partial charge in [-0.1, -0.05) is 0 Å². The van der Waals surface area contributed by atoms with Crippen LogP contribution in [-0.2, 0) is 4.79 Å². The Morgan fingerprint density at radius 2 is 1.95 bits per heavy atom. The number of carbonyl (C=O) groups is 1. The first kappa shape index (κ1) is 15.1. The van der Waals surface area contributed by atoms with Crippen LogP contribution in [0, 0.1) is 10.1 Å². The van der Waals surface area contributed by atoms with Crippen LogP contribution in [0.4, 0.5) is 5.69 Å². The maximum atomic E-state index is 11.7. The molecule has 0 spiro atoms. The van der Waals surface area contributed by atoms with E-state index in [-0.39, 0.29) is 11.6 Å². The van der Waals surface area contributed by atoms with Crippen molar-refractivity contribution < 1.29 is 14.6 Å². The summed E-state index contributed by atoms with van der Waals surface area (Å²) >= 11 is 0. The van der Waals surface area contributed by atoms with Gasteiger partial charge in [0, 0.05) is 12.1 Å². The van der Waals surface area contributed by atoms with Crippen LogP contribution in [0.1, 0.15) is 24.8 Å². The highest BCUT2D eigenvalue weighted by atomic mass is 16.6. The lowest BCUT2D eigenvalue weighted by Gasteiger charge is -2.22. The molecule has 1 aliphatic heterocycles. The Morgan fingerprint density at radius 1 is 1.29 bits per heavy atom. The van der Waals surface area contributed by atoms with Crippen LogP contribution in [0.3, 0.4) is 0 Å². The number of piperidine rings is 1. The summed E-state index contributed by atoms with van der Waals surface area (Å²) in [5.41, 5.74) is 3.22. The van der Waals surface area contributed by atoms with Crippen LogP contribution in [0.25, 0.3) is 0 Å². The third kappa shape index (κ3) is 4.96. The third-order valence-corrected chi connectivity index (χ3v) is 3.48. The summed E-state index contributed by atoms with van der Waals surface area (Å²) in [5, 5.41) is 14.4. The molecule has 0 radical (unpaired) electrons. The van der Waals surface area contributed by atoms with Crippen molar-refractivity contribution in [3.63, 3.8) is 0 Å². The second kappa shape index (κ2) is 7.49. The van der Waals surface area contributed by atoms with Crippen LogP contribution >= 0.6 is 0 Å². The first-order chi connectivity index (χ1) is 10.1. The largest absolute Gasteiger partial charge is 0.327 e. The van der Waals surface area contributed by atoms with Gasteiger partial charge in [0.1, 0.15) is 0 Å². The Hall–Kier alpha value is -2.28. The Labute approximate surface area is 122 Å². The molecule has 0 bridgehead atoms. The van der Waals surface area contributed by atoms with Crippen molar-refractivity contribution in [1.82, 2.24) is 5.43 Å². The molecule has 21 heavy (non-hydrogen) atoms. The zero-order valence-electron chi connectivity index (χ0n) is 11.7. The summed E-state index contributed by atoms with van der Waals surface area (Å²) < 4.78 is 0. The van der Waals surface area contributed by atoms with Gasteiger partial charge in [-0.05, 0) is 37.0 Å². The van der Waals surface area contributed by atoms with E-state index >= 15 is 0 Å². The Morgan fingerprint density at radius 3 is 2.57 bits per heavy atom. The molecule has 7 heteroatoms. The SMILES string of the molecule is O=C(C[NH+]1CCCCC1)N/N=C\c1ccc([N+](=O)[O-])cc1. The molecule has 0 unspecified atom stereocenters. The molecular formula is C14H19N4O3+. The van der Waals surface area contributed by atoms with E-state index in [0.29, 0.717) is 12.1 Å². The molecule has 1 fully saturated rings. The Balaban J connectivity index is 1.78. The molecule has 0 aliphatic carbocycles. The summed E-state index contributed by atoms with van der Waals surface area (Å²) in [6, 6.07) is 5.98. The number of non-ortho nitro benzene ring substituents is 1. The molecule has 0 aromatic heterocycles. The molecule has 0 saturated carbocycles. The maximum absolute atomic E-state index is 11.7. The zero-order chi connectivity index (χ0) is 15.1. The molecule has 0 atom stereocenters. The average molecular weight is 291 g/mol. The first-order valence-electron chi connectivity index (χ1n) is 7.05. The summed E-state index contributed by atoms with van der Waals surface area (Å²) in [5.74, 6) is -0.106. The summed E-state index contributed by atoms with van der Waals surface area (Å²) in [4.78, 5) is 23.1. The van der Waals surface area contributed by atoms with Gasteiger partial charge < -0.3 is 4.90 Å². The number of carbonyl (C=O) groups excluding carboxylic acids is 1. The molecule has 1 heterocycles. The number of nitrogens with one attached hydrogen (secondary N) is 2. The van der Waals surface area contributed by atoms with Gasteiger partial charge in [0.2, 0.25) is 0 Å². The van der Waals surface area contributed by atoms with Gasteiger partial charge in [-0.2, -0.15) is 5.10 Å². The number of nitro benzene ring substituents is 1. The van der Waals surface area contributed by atoms with Crippen molar-refractivity contribution in [3.05, 3.63) is 39.9 Å². The van der Waals surface area contributed by atoms with Crippen molar-refractivity contribution in [2.24, 2.45) is 5.10 Å². The van der Waals surface area contributed by atoms with Gasteiger partial charge in [-0.15, -0.1) is 0 Å². The van der Waals surface area contributed by atoms with E-state index in [2.05, 4.69) is 10.5 Å². The van der Waals surface area contributed by atoms with Crippen LogP contribution in [-0.4, -0.2) is 36.7 Å². The number of hydrazone groups is 1. The number of likely N-dealkylation sites (tertiary alicyclic amines) is 1. The highest BCUT2D eigenvalue weighted by Gasteiger charge is 2.16. The van der Waals surface area contributed by atoms with Crippen molar-refractivity contribution in [2.45, 2.75) is 19.3 Å². The number of benzene rings is 1. The highest BCUT2D eigenvalue weighted by molar-refractivity contribution is 5.82. The van der Waals surface area contributed by atoms with Crippen molar-refractivity contribution in [2.75, 3.05) is 19.6 Å². The molecule has 7 nitrogen and oxygen atoms in total. The van der Waals surface area contributed by atoms with E-state index in [1.54, 1.807) is 12.1 Å². The lowest BCUT2D eigenvalue weighted by atomic mass is 10.1. The Bertz CT molecular complexity index is 522. The van der Waals surface area contributed by atoms with Crippen LogP contribution in [0.5, 0.6) is 0 Å². The minimum absolute atomic E-state index is 0.0323. The monoisotopic (exact) mass is 291 g/mol. The summed E-state index contributed by atoms with van der Waals surface area (Å²) in [6.07, 6.45) is 5.08. The maximum Gasteiger partial charge on any atom is 0.295 e. The summed E-state index contributed by atoms with van der Waals surface area (Å²) in [7, 11) is 0. The topological polar surface area (TPSA) is 89.0 Å². The van der Waals surface area contributed by atoms with Crippen molar-refractivity contribution in [3.8, 4) is 0 Å². The number of hydrogen-bond acceptors (Lipinski definition) is 4. The molecular weight excluding hydrogens is 272 g/mol. The van der Waals surface area contributed by atoms with Gasteiger partial charge >= 0.3 is 0 Å². The number of nitrogens with zero attached hydrogens (tertiary/aromatic N) is 2. The van der Waals surface area contributed by atoms with E-state index in [9.17, 15) is 14.9 Å². The molecule has 2 N–H and O–H groups in total. The average Bonchev–Trinajstić information content (AvgIpc) is 2.49. The molecule has 1 amide bonds. The predicted octanol–water partition coefficient (Wildman–Crippen LogP) is 0.114. The third-order valence-electron chi connectivity index (χ3n) is 3.48. The van der Waals surface area contributed by atoms with Crippen LogP contribution in [0.2, 0.25) is 0 Å². The normalized spacial score (nSPS) is 16.0. The standard InChI is InChI=1S/C14H18N4O3/c19-14(11-17-8-2-1-3-9-17)16-15-10-12-4-6-13(7-5-12)18(20)21/h4-7,10H,1-3,8-9,11H2,(H,16,19)/p+1/b15-10-. The van der Waals surface area contributed by atoms with E-state index in [4.69, 9.17) is 0 Å². The zero-order valence-corrected chi connectivity index (χ0v) is 11.7. The van der Waals surface area contributed by atoms with Gasteiger partial charge in [0.25, 0.3) is 11.6 Å². The van der Waals surface area contributed by atoms with E-state index in [1.807, 2.05) is 0 Å². The molecule has 1 aliphatic rings.